The number of piperidine rings is 1. The fourth-order valence-electron chi connectivity index (χ4n) is 3.41. The lowest BCUT2D eigenvalue weighted by atomic mass is 10.1. The zero-order chi connectivity index (χ0) is 20.7. The molecule has 0 bridgehead atoms. The molecule has 1 aliphatic heterocycles. The van der Waals surface area contributed by atoms with Gasteiger partial charge in [0.2, 0.25) is 0 Å². The van der Waals surface area contributed by atoms with E-state index >= 15 is 0 Å². The Labute approximate surface area is 173 Å². The molecule has 1 aliphatic rings. The highest BCUT2D eigenvalue weighted by Crippen LogP contribution is 2.17. The van der Waals surface area contributed by atoms with Gasteiger partial charge in [-0.05, 0) is 82.2 Å². The summed E-state index contributed by atoms with van der Waals surface area (Å²) in [5.74, 6) is -0.181. The second-order valence-electron chi connectivity index (χ2n) is 7.51. The fourth-order valence-corrected chi connectivity index (χ4v) is 4.47. The number of amides is 1. The summed E-state index contributed by atoms with van der Waals surface area (Å²) in [5.41, 5.74) is 2.02. The summed E-state index contributed by atoms with van der Waals surface area (Å²) in [6, 6.07) is 13.1. The number of nitrogens with one attached hydrogen (secondary N) is 2. The summed E-state index contributed by atoms with van der Waals surface area (Å²) in [6.07, 6.45) is 4.76. The second kappa shape index (κ2) is 9.89. The molecule has 2 aromatic carbocycles. The Kier molecular flexibility index (Phi) is 7.28. The van der Waals surface area contributed by atoms with Crippen LogP contribution in [0.4, 0.5) is 5.69 Å². The van der Waals surface area contributed by atoms with E-state index in [2.05, 4.69) is 14.9 Å². The average Bonchev–Trinajstić information content (AvgIpc) is 2.73. The first kappa shape index (κ1) is 21.3. The minimum Gasteiger partial charge on any atom is -0.352 e. The number of carbonyl (C=O) groups is 1. The second-order valence-corrected chi connectivity index (χ2v) is 9.19. The summed E-state index contributed by atoms with van der Waals surface area (Å²) in [6.45, 7) is 5.86. The maximum Gasteiger partial charge on any atom is 0.261 e. The Morgan fingerprint density at radius 2 is 1.62 bits per heavy atom. The summed E-state index contributed by atoms with van der Waals surface area (Å²) < 4.78 is 27.6. The average molecular weight is 416 g/mol. The molecule has 7 heteroatoms. The molecular weight excluding hydrogens is 386 g/mol. The van der Waals surface area contributed by atoms with Crippen LogP contribution in [-0.2, 0) is 10.0 Å². The van der Waals surface area contributed by atoms with Crippen molar-refractivity contribution in [2.75, 3.05) is 30.9 Å². The van der Waals surface area contributed by atoms with E-state index in [1.165, 1.54) is 31.4 Å². The van der Waals surface area contributed by atoms with Gasteiger partial charge in [0.1, 0.15) is 0 Å². The minimum atomic E-state index is -3.69. The van der Waals surface area contributed by atoms with Crippen molar-refractivity contribution >= 4 is 21.6 Å². The van der Waals surface area contributed by atoms with Gasteiger partial charge in [0.05, 0.1) is 4.90 Å². The quantitative estimate of drug-likeness (QED) is 0.648. The van der Waals surface area contributed by atoms with Crippen molar-refractivity contribution in [1.29, 1.82) is 0 Å². The molecule has 0 aromatic heterocycles. The third-order valence-corrected chi connectivity index (χ3v) is 6.51. The lowest BCUT2D eigenvalue weighted by Gasteiger charge is -2.26. The Morgan fingerprint density at radius 3 is 2.28 bits per heavy atom. The number of likely N-dealkylation sites (tertiary alicyclic amines) is 1. The molecule has 29 heavy (non-hydrogen) atoms. The Morgan fingerprint density at radius 1 is 0.966 bits per heavy atom. The molecular formula is C22H29N3O3S. The number of anilines is 1. The molecule has 0 radical (unpaired) electrons. The van der Waals surface area contributed by atoms with Crippen molar-refractivity contribution in [3.8, 4) is 0 Å². The van der Waals surface area contributed by atoms with Gasteiger partial charge < -0.3 is 10.2 Å². The summed E-state index contributed by atoms with van der Waals surface area (Å²) in [5, 5.41) is 2.91. The van der Waals surface area contributed by atoms with Crippen molar-refractivity contribution in [2.24, 2.45) is 0 Å². The first-order valence-corrected chi connectivity index (χ1v) is 11.6. The van der Waals surface area contributed by atoms with Crippen LogP contribution in [-0.4, -0.2) is 45.4 Å². The molecule has 1 amide bonds. The highest BCUT2D eigenvalue weighted by atomic mass is 32.2. The number of sulfonamides is 1. The highest BCUT2D eigenvalue weighted by Gasteiger charge is 2.15. The Bertz CT molecular complexity index is 903. The SMILES string of the molecule is Cc1ccc(NS(=O)(=O)c2ccc(C(=O)NCCCN3CCCCC3)cc2)cc1. The third kappa shape index (κ3) is 6.30. The predicted octanol–water partition coefficient (Wildman–Crippen LogP) is 3.40. The van der Waals surface area contributed by atoms with E-state index in [0.717, 1.165) is 31.6 Å². The summed E-state index contributed by atoms with van der Waals surface area (Å²) in [4.78, 5) is 14.9. The van der Waals surface area contributed by atoms with Gasteiger partial charge >= 0.3 is 0 Å². The number of rotatable bonds is 8. The van der Waals surface area contributed by atoms with Crippen LogP contribution in [0.5, 0.6) is 0 Å². The molecule has 0 saturated carbocycles. The molecule has 0 spiro atoms. The van der Waals surface area contributed by atoms with Gasteiger partial charge in [-0.3, -0.25) is 9.52 Å². The number of carbonyl (C=O) groups excluding carboxylic acids is 1. The first-order valence-electron chi connectivity index (χ1n) is 10.1. The Hall–Kier alpha value is -2.38. The van der Waals surface area contributed by atoms with Crippen LogP contribution in [0.1, 0.15) is 41.6 Å². The molecule has 1 fully saturated rings. The van der Waals surface area contributed by atoms with Crippen LogP contribution in [0, 0.1) is 6.92 Å². The number of hydrogen-bond donors (Lipinski definition) is 2. The molecule has 2 aromatic rings. The van der Waals surface area contributed by atoms with Crippen LogP contribution in [0.25, 0.3) is 0 Å². The van der Waals surface area contributed by atoms with E-state index in [4.69, 9.17) is 0 Å². The molecule has 1 saturated heterocycles. The largest absolute Gasteiger partial charge is 0.352 e. The standard InChI is InChI=1S/C22H29N3O3S/c1-18-6-10-20(11-7-18)24-29(27,28)21-12-8-19(9-13-21)22(26)23-14-5-17-25-15-3-2-4-16-25/h6-13,24H,2-5,14-17H2,1H3,(H,23,26). The first-order chi connectivity index (χ1) is 13.9. The number of benzene rings is 2. The van der Waals surface area contributed by atoms with E-state index in [9.17, 15) is 13.2 Å². The zero-order valence-corrected chi connectivity index (χ0v) is 17.7. The Balaban J connectivity index is 1.50. The molecule has 3 rings (SSSR count). The topological polar surface area (TPSA) is 78.5 Å². The number of aryl methyl sites for hydroxylation is 1. The van der Waals surface area contributed by atoms with Gasteiger partial charge in [-0.2, -0.15) is 0 Å². The predicted molar refractivity (Wildman–Crippen MR) is 116 cm³/mol. The fraction of sp³-hybridized carbons (Fsp3) is 0.409. The molecule has 1 heterocycles. The lowest BCUT2D eigenvalue weighted by molar-refractivity contribution is 0.0951. The van der Waals surface area contributed by atoms with Crippen LogP contribution in [0.15, 0.2) is 53.4 Å². The van der Waals surface area contributed by atoms with Crippen molar-refractivity contribution in [2.45, 2.75) is 37.5 Å². The maximum absolute atomic E-state index is 12.5. The highest BCUT2D eigenvalue weighted by molar-refractivity contribution is 7.92. The number of nitrogens with zero attached hydrogens (tertiary/aromatic N) is 1. The van der Waals surface area contributed by atoms with Gasteiger partial charge in [-0.15, -0.1) is 0 Å². The van der Waals surface area contributed by atoms with Crippen molar-refractivity contribution < 1.29 is 13.2 Å². The van der Waals surface area contributed by atoms with E-state index in [-0.39, 0.29) is 10.8 Å². The monoisotopic (exact) mass is 415 g/mol. The van der Waals surface area contributed by atoms with Crippen LogP contribution in [0.3, 0.4) is 0 Å². The van der Waals surface area contributed by atoms with Crippen molar-refractivity contribution in [1.82, 2.24) is 10.2 Å². The lowest BCUT2D eigenvalue weighted by Crippen LogP contribution is -2.33. The summed E-state index contributed by atoms with van der Waals surface area (Å²) >= 11 is 0. The van der Waals surface area contributed by atoms with Gasteiger partial charge in [-0.25, -0.2) is 8.42 Å². The molecule has 6 nitrogen and oxygen atoms in total. The normalized spacial score (nSPS) is 15.1. The van der Waals surface area contributed by atoms with Gasteiger partial charge in [0, 0.05) is 17.8 Å². The van der Waals surface area contributed by atoms with Crippen LogP contribution < -0.4 is 10.0 Å². The van der Waals surface area contributed by atoms with E-state index in [1.54, 1.807) is 24.3 Å². The van der Waals surface area contributed by atoms with Crippen molar-refractivity contribution in [3.05, 3.63) is 59.7 Å². The van der Waals surface area contributed by atoms with Crippen molar-refractivity contribution in [3.63, 3.8) is 0 Å². The number of hydrogen-bond acceptors (Lipinski definition) is 4. The van der Waals surface area contributed by atoms with Gasteiger partial charge in [-0.1, -0.05) is 24.1 Å². The van der Waals surface area contributed by atoms with E-state index in [1.807, 2.05) is 19.1 Å². The minimum absolute atomic E-state index is 0.125. The summed E-state index contributed by atoms with van der Waals surface area (Å²) in [7, 11) is -3.69. The zero-order valence-electron chi connectivity index (χ0n) is 16.9. The van der Waals surface area contributed by atoms with E-state index < -0.39 is 10.0 Å². The van der Waals surface area contributed by atoms with Crippen LogP contribution in [0.2, 0.25) is 0 Å². The molecule has 2 N–H and O–H groups in total. The van der Waals surface area contributed by atoms with Crippen LogP contribution >= 0.6 is 0 Å². The molecule has 0 aliphatic carbocycles. The molecule has 156 valence electrons. The third-order valence-electron chi connectivity index (χ3n) is 5.12. The maximum atomic E-state index is 12.5. The van der Waals surface area contributed by atoms with Gasteiger partial charge in [0.25, 0.3) is 15.9 Å². The van der Waals surface area contributed by atoms with Gasteiger partial charge in [0.15, 0.2) is 0 Å². The van der Waals surface area contributed by atoms with E-state index in [0.29, 0.717) is 17.8 Å². The smallest absolute Gasteiger partial charge is 0.261 e. The molecule has 0 unspecified atom stereocenters. The molecule has 0 atom stereocenters.